The van der Waals surface area contributed by atoms with Crippen LogP contribution in [0.5, 0.6) is 23.0 Å². The Morgan fingerprint density at radius 2 is 1.38 bits per heavy atom. The number of hydrogen-bond acceptors (Lipinski definition) is 13. The summed E-state index contributed by atoms with van der Waals surface area (Å²) in [7, 11) is 2.38. The van der Waals surface area contributed by atoms with E-state index in [1.807, 2.05) is 0 Å². The summed E-state index contributed by atoms with van der Waals surface area (Å²) in [5.41, 5.74) is 5.61. The number of phenolic OH excluding ortho intramolecular Hbond substituents is 1. The lowest BCUT2D eigenvalue weighted by atomic mass is 9.98. The Bertz CT molecular complexity index is 2000. The number of benzene rings is 3. The van der Waals surface area contributed by atoms with Crippen molar-refractivity contribution in [2.75, 3.05) is 30.2 Å². The third-order valence-electron chi connectivity index (χ3n) is 7.45. The number of esters is 1. The highest BCUT2D eigenvalue weighted by atomic mass is 16.5. The highest BCUT2D eigenvalue weighted by molar-refractivity contribution is 6.10. The van der Waals surface area contributed by atoms with Crippen LogP contribution in [0, 0.1) is 5.41 Å². The van der Waals surface area contributed by atoms with Crippen molar-refractivity contribution in [2.45, 2.75) is 40.0 Å². The molecule has 0 unspecified atom stereocenters. The van der Waals surface area contributed by atoms with Gasteiger partial charge in [-0.1, -0.05) is 5.21 Å². The summed E-state index contributed by atoms with van der Waals surface area (Å²) >= 11 is 0. The minimum absolute atomic E-state index is 0.0211. The third kappa shape index (κ3) is 8.72. The van der Waals surface area contributed by atoms with E-state index in [2.05, 4.69) is 26.3 Å². The van der Waals surface area contributed by atoms with Crippen LogP contribution in [0.3, 0.4) is 0 Å². The molecule has 18 nitrogen and oxygen atoms in total. The van der Waals surface area contributed by atoms with Gasteiger partial charge >= 0.3 is 11.9 Å². The molecule has 1 aromatic heterocycles. The second kappa shape index (κ2) is 15.9. The van der Waals surface area contributed by atoms with Crippen LogP contribution in [-0.2, 0) is 27.5 Å². The van der Waals surface area contributed by atoms with Crippen molar-refractivity contribution in [1.82, 2.24) is 15.0 Å². The van der Waals surface area contributed by atoms with Crippen LogP contribution in [0.2, 0.25) is 0 Å². The molecule has 0 fully saturated rings. The largest absolute Gasteiger partial charge is 0.504 e. The van der Waals surface area contributed by atoms with E-state index in [1.54, 1.807) is 20.8 Å². The maximum absolute atomic E-state index is 13.1. The number of anilines is 3. The van der Waals surface area contributed by atoms with E-state index in [9.17, 15) is 39.3 Å². The Morgan fingerprint density at radius 3 is 1.94 bits per heavy atom. The van der Waals surface area contributed by atoms with Crippen molar-refractivity contribution in [3.63, 3.8) is 0 Å². The molecule has 4 rings (SSSR count). The van der Waals surface area contributed by atoms with Crippen molar-refractivity contribution in [3.05, 3.63) is 77.1 Å². The maximum Gasteiger partial charge on any atom is 0.339 e. The number of aromatic hydroxyl groups is 2. The highest BCUT2D eigenvalue weighted by Crippen LogP contribution is 2.40. The predicted octanol–water partition coefficient (Wildman–Crippen LogP) is 2.96. The van der Waals surface area contributed by atoms with E-state index in [0.29, 0.717) is 11.4 Å². The van der Waals surface area contributed by atoms with Crippen LogP contribution >= 0.6 is 0 Å². The molecule has 274 valence electrons. The summed E-state index contributed by atoms with van der Waals surface area (Å²) in [6.07, 6.45) is 1.45. The number of aromatic carboxylic acids is 1. The number of hydrogen-bond donors (Lipinski definition) is 7. The molecule has 8 N–H and O–H groups in total. The number of carboxylic acid groups (broad SMARTS) is 1. The normalized spacial score (nSPS) is 11.6. The van der Waals surface area contributed by atoms with E-state index in [1.165, 1.54) is 67.6 Å². The molecule has 0 bridgehead atoms. The van der Waals surface area contributed by atoms with Gasteiger partial charge in [-0.15, -0.1) is 5.10 Å². The zero-order chi connectivity index (χ0) is 38.3. The number of methoxy groups -OCH3 is 2. The molecule has 0 saturated carbocycles. The Labute approximate surface area is 296 Å². The second-order valence-electron chi connectivity index (χ2n) is 12.2. The second-order valence-corrected chi connectivity index (χ2v) is 12.2. The molecule has 3 aromatic carbocycles. The number of nitrogens with two attached hydrogens (primary N) is 1. The average Bonchev–Trinajstić information content (AvgIpc) is 3.53. The van der Waals surface area contributed by atoms with Gasteiger partial charge in [-0.3, -0.25) is 19.2 Å². The van der Waals surface area contributed by atoms with Crippen molar-refractivity contribution in [3.8, 4) is 23.0 Å². The summed E-state index contributed by atoms with van der Waals surface area (Å²) < 4.78 is 16.9. The van der Waals surface area contributed by atoms with E-state index in [4.69, 9.17) is 19.9 Å². The van der Waals surface area contributed by atoms with Crippen LogP contribution in [-0.4, -0.2) is 80.2 Å². The van der Waals surface area contributed by atoms with Crippen molar-refractivity contribution in [1.29, 1.82) is 0 Å². The van der Waals surface area contributed by atoms with Gasteiger partial charge in [-0.25, -0.2) is 9.48 Å². The van der Waals surface area contributed by atoms with Gasteiger partial charge in [0.25, 0.3) is 11.8 Å². The Morgan fingerprint density at radius 1 is 0.827 bits per heavy atom. The maximum atomic E-state index is 13.1. The zero-order valence-corrected chi connectivity index (χ0v) is 28.7. The van der Waals surface area contributed by atoms with Crippen LogP contribution < -0.4 is 31.2 Å². The van der Waals surface area contributed by atoms with E-state index < -0.39 is 58.2 Å². The topological polar surface area (TPSA) is 267 Å². The summed E-state index contributed by atoms with van der Waals surface area (Å²) in [5, 5.41) is 45.7. The number of nitrogens with one attached hydrogen (secondary N) is 3. The monoisotopic (exact) mass is 719 g/mol. The summed E-state index contributed by atoms with van der Waals surface area (Å²) in [4.78, 5) is 62.4. The number of rotatable bonds is 13. The molecular formula is C34H37N7O11. The lowest BCUT2D eigenvalue weighted by Crippen LogP contribution is -2.38. The molecule has 52 heavy (non-hydrogen) atoms. The first-order valence-corrected chi connectivity index (χ1v) is 15.4. The number of carbonyl (C=O) groups is 5. The molecule has 0 aliphatic rings. The molecule has 0 aliphatic carbocycles. The summed E-state index contributed by atoms with van der Waals surface area (Å²) in [5.74, 6) is -5.73. The molecule has 1 atom stereocenters. The highest BCUT2D eigenvalue weighted by Gasteiger charge is 2.25. The molecule has 0 spiro atoms. The SMILES string of the molecule is COc1c(NC(=O)c2ccc(NC(=O)c3ccc(NC(=O)[C@@H](N)Cc4cnnn4COC(=O)C(C)(C)C)cc3)c(OC)c2O)ccc(C(=O)O)c1O. The van der Waals surface area contributed by atoms with Crippen molar-refractivity contribution in [2.24, 2.45) is 11.1 Å². The van der Waals surface area contributed by atoms with Crippen LogP contribution in [0.25, 0.3) is 0 Å². The fraction of sp³-hybridized carbons (Fsp3) is 0.265. The van der Waals surface area contributed by atoms with Crippen molar-refractivity contribution < 1.29 is 53.5 Å². The van der Waals surface area contributed by atoms with Gasteiger partial charge < -0.3 is 51.2 Å². The number of phenols is 2. The molecule has 0 radical (unpaired) electrons. The van der Waals surface area contributed by atoms with Gasteiger partial charge in [-0.05, 0) is 69.3 Å². The van der Waals surface area contributed by atoms with Gasteiger partial charge in [0.1, 0.15) is 5.56 Å². The lowest BCUT2D eigenvalue weighted by Gasteiger charge is -2.17. The molecule has 0 saturated heterocycles. The third-order valence-corrected chi connectivity index (χ3v) is 7.45. The Hall–Kier alpha value is -6.69. The first-order valence-electron chi connectivity index (χ1n) is 15.4. The fourth-order valence-corrected chi connectivity index (χ4v) is 4.63. The number of nitrogens with zero attached hydrogens (tertiary/aromatic N) is 3. The predicted molar refractivity (Wildman–Crippen MR) is 185 cm³/mol. The number of aromatic nitrogens is 3. The smallest absolute Gasteiger partial charge is 0.339 e. The molecular weight excluding hydrogens is 682 g/mol. The van der Waals surface area contributed by atoms with Crippen LogP contribution in [0.4, 0.5) is 17.1 Å². The standard InChI is InChI=1S/C34H37N7O11/c1-34(2,3)33(49)52-16-41-19(15-36-40-41)14-22(35)31(46)37-18-8-6-17(7-9-18)29(44)38-23-12-10-20(25(42)27(23)50-4)30(45)39-24-13-11-21(32(47)48)26(43)28(24)51-5/h6-13,15,22,42-43H,14,16,35H2,1-5H3,(H,37,46)(H,38,44)(H,39,45)(H,47,48)/t22-/m0/s1. The first kappa shape index (κ1) is 38.1. The number of carbonyl (C=O) groups excluding carboxylic acids is 4. The minimum Gasteiger partial charge on any atom is -0.504 e. The van der Waals surface area contributed by atoms with Gasteiger partial charge in [0.15, 0.2) is 29.7 Å². The minimum atomic E-state index is -1.41. The van der Waals surface area contributed by atoms with Gasteiger partial charge in [0.2, 0.25) is 5.91 Å². The van der Waals surface area contributed by atoms with Gasteiger partial charge in [0, 0.05) is 17.7 Å². The molecule has 1 heterocycles. The molecule has 4 aromatic rings. The summed E-state index contributed by atoms with van der Waals surface area (Å²) in [6, 6.07) is 9.62. The number of ether oxygens (including phenoxy) is 3. The fourth-order valence-electron chi connectivity index (χ4n) is 4.63. The van der Waals surface area contributed by atoms with E-state index >= 15 is 0 Å². The number of carboxylic acids is 1. The summed E-state index contributed by atoms with van der Waals surface area (Å²) in [6.45, 7) is 4.95. The van der Waals surface area contributed by atoms with E-state index in [0.717, 1.165) is 6.07 Å². The molecule has 0 aliphatic heterocycles. The zero-order valence-electron chi connectivity index (χ0n) is 28.7. The van der Waals surface area contributed by atoms with Gasteiger partial charge in [-0.2, -0.15) is 0 Å². The van der Waals surface area contributed by atoms with Crippen molar-refractivity contribution >= 4 is 46.7 Å². The lowest BCUT2D eigenvalue weighted by molar-refractivity contribution is -0.157. The first-order chi connectivity index (χ1) is 24.5. The Kier molecular flexibility index (Phi) is 11.7. The van der Waals surface area contributed by atoms with Crippen LogP contribution in [0.15, 0.2) is 54.7 Å². The van der Waals surface area contributed by atoms with E-state index in [-0.39, 0.29) is 47.2 Å². The number of amides is 3. The quantitative estimate of drug-likeness (QED) is 0.0980. The van der Waals surface area contributed by atoms with Gasteiger partial charge in [0.05, 0.1) is 54.5 Å². The average molecular weight is 720 g/mol. The van der Waals surface area contributed by atoms with Crippen LogP contribution in [0.1, 0.15) is 57.5 Å². The Balaban J connectivity index is 1.39. The molecule has 3 amide bonds. The molecule has 18 heteroatoms.